The number of benzene rings is 1. The molecule has 1 amide bonds. The molecular formula is C26H38N4O. The number of hydrogen-bond acceptors (Lipinski definition) is 4. The highest BCUT2D eigenvalue weighted by molar-refractivity contribution is 5.76. The van der Waals surface area contributed by atoms with E-state index in [0.29, 0.717) is 18.3 Å². The van der Waals surface area contributed by atoms with E-state index in [4.69, 9.17) is 9.97 Å². The van der Waals surface area contributed by atoms with Crippen molar-refractivity contribution in [3.05, 3.63) is 52.5 Å². The number of amides is 1. The van der Waals surface area contributed by atoms with Crippen LogP contribution in [0.25, 0.3) is 0 Å². The van der Waals surface area contributed by atoms with Gasteiger partial charge in [0.15, 0.2) is 0 Å². The van der Waals surface area contributed by atoms with E-state index in [-0.39, 0.29) is 5.91 Å². The fourth-order valence-corrected chi connectivity index (χ4v) is 4.23. The minimum absolute atomic E-state index is 0.272. The van der Waals surface area contributed by atoms with Gasteiger partial charge in [-0.25, -0.2) is 9.97 Å². The third kappa shape index (κ3) is 6.28. The summed E-state index contributed by atoms with van der Waals surface area (Å²) in [5, 5.41) is 0. The first kappa shape index (κ1) is 23.2. The van der Waals surface area contributed by atoms with E-state index in [0.717, 1.165) is 56.4 Å². The second-order valence-corrected chi connectivity index (χ2v) is 9.76. The average Bonchev–Trinajstić information content (AvgIpc) is 2.69. The minimum Gasteiger partial charge on any atom is -0.353 e. The summed E-state index contributed by atoms with van der Waals surface area (Å²) in [5.74, 6) is 3.17. The number of hydrogen-bond donors (Lipinski definition) is 0. The van der Waals surface area contributed by atoms with Gasteiger partial charge in [-0.1, -0.05) is 57.5 Å². The molecule has 1 saturated heterocycles. The molecule has 0 saturated carbocycles. The topological polar surface area (TPSA) is 49.3 Å². The van der Waals surface area contributed by atoms with Crippen LogP contribution in [0.2, 0.25) is 0 Å². The van der Waals surface area contributed by atoms with Crippen LogP contribution in [0.5, 0.6) is 0 Å². The number of nitrogens with zero attached hydrogens (tertiary/aromatic N) is 4. The highest BCUT2D eigenvalue weighted by atomic mass is 16.2. The van der Waals surface area contributed by atoms with Gasteiger partial charge < -0.3 is 9.80 Å². The molecule has 0 unspecified atom stereocenters. The standard InChI is InChI=1S/C26H38N4O/c1-18(2)14-24-27-21(6)23(17-22-9-7-8-20(5)16-22)26(28-24)30-12-10-29(11-13-30)25(31)15-19(3)4/h7-9,16,18-19H,10-15,17H2,1-6H3. The average molecular weight is 423 g/mol. The maximum atomic E-state index is 12.5. The van der Waals surface area contributed by atoms with Gasteiger partial charge in [-0.15, -0.1) is 0 Å². The van der Waals surface area contributed by atoms with Gasteiger partial charge in [0.25, 0.3) is 0 Å². The SMILES string of the molecule is Cc1cccc(Cc2c(C)nc(CC(C)C)nc2N2CCN(C(=O)CC(C)C)CC2)c1. The molecule has 0 radical (unpaired) electrons. The molecule has 0 aliphatic carbocycles. The maximum absolute atomic E-state index is 12.5. The summed E-state index contributed by atoms with van der Waals surface area (Å²) in [6, 6.07) is 8.67. The number of aryl methyl sites for hydroxylation is 2. The first-order valence-electron chi connectivity index (χ1n) is 11.7. The van der Waals surface area contributed by atoms with E-state index < -0.39 is 0 Å². The van der Waals surface area contributed by atoms with Crippen LogP contribution in [0.15, 0.2) is 24.3 Å². The van der Waals surface area contributed by atoms with Crippen molar-refractivity contribution in [2.75, 3.05) is 31.1 Å². The van der Waals surface area contributed by atoms with Gasteiger partial charge in [0.05, 0.1) is 0 Å². The quantitative estimate of drug-likeness (QED) is 0.655. The first-order valence-corrected chi connectivity index (χ1v) is 11.7. The van der Waals surface area contributed by atoms with Crippen molar-refractivity contribution >= 4 is 11.7 Å². The molecular weight excluding hydrogens is 384 g/mol. The molecule has 0 spiro atoms. The summed E-state index contributed by atoms with van der Waals surface area (Å²) >= 11 is 0. The molecule has 0 atom stereocenters. The van der Waals surface area contributed by atoms with Crippen LogP contribution in [-0.2, 0) is 17.6 Å². The van der Waals surface area contributed by atoms with Crippen molar-refractivity contribution in [2.45, 2.75) is 60.8 Å². The Morgan fingerprint density at radius 3 is 2.32 bits per heavy atom. The number of anilines is 1. The zero-order valence-corrected chi connectivity index (χ0v) is 20.1. The molecule has 168 valence electrons. The summed E-state index contributed by atoms with van der Waals surface area (Å²) < 4.78 is 0. The molecule has 5 nitrogen and oxygen atoms in total. The van der Waals surface area contributed by atoms with E-state index in [9.17, 15) is 4.79 Å². The Hall–Kier alpha value is -2.43. The zero-order chi connectivity index (χ0) is 22.5. The molecule has 1 aromatic carbocycles. The lowest BCUT2D eigenvalue weighted by Crippen LogP contribution is -2.49. The Morgan fingerprint density at radius 1 is 1.00 bits per heavy atom. The van der Waals surface area contributed by atoms with Crippen molar-refractivity contribution < 1.29 is 4.79 Å². The summed E-state index contributed by atoms with van der Waals surface area (Å²) in [7, 11) is 0. The van der Waals surface area contributed by atoms with Gasteiger partial charge in [-0.2, -0.15) is 0 Å². The largest absolute Gasteiger partial charge is 0.353 e. The lowest BCUT2D eigenvalue weighted by Gasteiger charge is -2.37. The van der Waals surface area contributed by atoms with Gasteiger partial charge in [-0.3, -0.25) is 4.79 Å². The Labute approximate surface area is 187 Å². The summed E-state index contributed by atoms with van der Waals surface area (Å²) in [5.41, 5.74) is 4.84. The van der Waals surface area contributed by atoms with Crippen molar-refractivity contribution in [1.82, 2.24) is 14.9 Å². The van der Waals surface area contributed by atoms with E-state index in [2.05, 4.69) is 70.7 Å². The predicted molar refractivity (Wildman–Crippen MR) is 128 cm³/mol. The van der Waals surface area contributed by atoms with E-state index in [1.54, 1.807) is 0 Å². The third-order valence-electron chi connectivity index (χ3n) is 5.81. The summed E-state index contributed by atoms with van der Waals surface area (Å²) in [6.07, 6.45) is 2.34. The second kappa shape index (κ2) is 10.3. The highest BCUT2D eigenvalue weighted by Crippen LogP contribution is 2.26. The number of rotatable bonds is 7. The van der Waals surface area contributed by atoms with Crippen LogP contribution in [0.3, 0.4) is 0 Å². The van der Waals surface area contributed by atoms with Crippen LogP contribution < -0.4 is 4.90 Å². The number of carbonyl (C=O) groups excluding carboxylic acids is 1. The van der Waals surface area contributed by atoms with Gasteiger partial charge in [0.1, 0.15) is 11.6 Å². The lowest BCUT2D eigenvalue weighted by atomic mass is 10.0. The molecule has 0 N–H and O–H groups in total. The van der Waals surface area contributed by atoms with Crippen molar-refractivity contribution in [1.29, 1.82) is 0 Å². The Bertz CT molecular complexity index is 898. The van der Waals surface area contributed by atoms with Gasteiger partial charge in [-0.05, 0) is 31.2 Å². The maximum Gasteiger partial charge on any atom is 0.222 e. The number of aromatic nitrogens is 2. The zero-order valence-electron chi connectivity index (χ0n) is 20.1. The molecule has 0 bridgehead atoms. The molecule has 2 heterocycles. The molecule has 5 heteroatoms. The fourth-order valence-electron chi connectivity index (χ4n) is 4.23. The van der Waals surface area contributed by atoms with E-state index in [1.807, 2.05) is 4.90 Å². The van der Waals surface area contributed by atoms with E-state index in [1.165, 1.54) is 16.7 Å². The Morgan fingerprint density at radius 2 is 1.71 bits per heavy atom. The van der Waals surface area contributed by atoms with Gasteiger partial charge >= 0.3 is 0 Å². The minimum atomic E-state index is 0.272. The fraction of sp³-hybridized carbons (Fsp3) is 0.577. The second-order valence-electron chi connectivity index (χ2n) is 9.76. The van der Waals surface area contributed by atoms with Gasteiger partial charge in [0.2, 0.25) is 5.91 Å². The molecule has 1 aliphatic rings. The smallest absolute Gasteiger partial charge is 0.222 e. The molecule has 1 aromatic heterocycles. The number of carbonyl (C=O) groups is 1. The van der Waals surface area contributed by atoms with Crippen molar-refractivity contribution in [3.8, 4) is 0 Å². The van der Waals surface area contributed by atoms with Gasteiger partial charge in [0, 0.05) is 56.7 Å². The first-order chi connectivity index (χ1) is 14.7. The van der Waals surface area contributed by atoms with Crippen LogP contribution in [0.4, 0.5) is 5.82 Å². The molecule has 31 heavy (non-hydrogen) atoms. The lowest BCUT2D eigenvalue weighted by molar-refractivity contribution is -0.132. The van der Waals surface area contributed by atoms with Crippen LogP contribution in [-0.4, -0.2) is 47.0 Å². The monoisotopic (exact) mass is 422 g/mol. The molecule has 1 aliphatic heterocycles. The molecule has 2 aromatic rings. The third-order valence-corrected chi connectivity index (χ3v) is 5.81. The normalized spacial score (nSPS) is 14.6. The highest BCUT2D eigenvalue weighted by Gasteiger charge is 2.25. The van der Waals surface area contributed by atoms with E-state index >= 15 is 0 Å². The van der Waals surface area contributed by atoms with Crippen LogP contribution >= 0.6 is 0 Å². The summed E-state index contributed by atoms with van der Waals surface area (Å²) in [6.45, 7) is 16.0. The summed E-state index contributed by atoms with van der Waals surface area (Å²) in [4.78, 5) is 26.8. The van der Waals surface area contributed by atoms with Crippen molar-refractivity contribution in [2.24, 2.45) is 11.8 Å². The van der Waals surface area contributed by atoms with Crippen molar-refractivity contribution in [3.63, 3.8) is 0 Å². The predicted octanol–water partition coefficient (Wildman–Crippen LogP) is 4.58. The van der Waals surface area contributed by atoms with Crippen LogP contribution in [0.1, 0.15) is 62.3 Å². The molecule has 1 fully saturated rings. The van der Waals surface area contributed by atoms with Crippen LogP contribution in [0, 0.1) is 25.7 Å². The Balaban J connectivity index is 1.86. The Kier molecular flexibility index (Phi) is 7.69. The molecule has 3 rings (SSSR count). The number of piperazine rings is 1.